The molecule has 0 radical (unpaired) electrons. The zero-order chi connectivity index (χ0) is 23.9. The molecule has 0 aliphatic rings. The number of amides is 1. The predicted molar refractivity (Wildman–Crippen MR) is 133 cm³/mol. The maximum absolute atomic E-state index is 13.4. The van der Waals surface area contributed by atoms with Crippen molar-refractivity contribution in [1.82, 2.24) is 9.88 Å². The highest BCUT2D eigenvalue weighted by Gasteiger charge is 2.14. The van der Waals surface area contributed by atoms with Crippen molar-refractivity contribution < 1.29 is 14.3 Å². The van der Waals surface area contributed by atoms with Gasteiger partial charge in [-0.05, 0) is 53.4 Å². The monoisotopic (exact) mass is 457 g/mol. The molecule has 0 fully saturated rings. The lowest BCUT2D eigenvalue weighted by Gasteiger charge is -2.15. The van der Waals surface area contributed by atoms with Crippen molar-refractivity contribution >= 4 is 22.5 Å². The second-order valence-corrected chi connectivity index (χ2v) is 7.83. The number of benzene rings is 3. The number of carbonyl (C=O) groups excluding carboxylic acids is 1. The second-order valence-electron chi connectivity index (χ2n) is 7.83. The van der Waals surface area contributed by atoms with Crippen molar-refractivity contribution in [2.75, 3.05) is 19.5 Å². The van der Waals surface area contributed by atoms with E-state index in [1.807, 2.05) is 72.8 Å². The summed E-state index contributed by atoms with van der Waals surface area (Å²) in [5, 5.41) is 7.03. The van der Waals surface area contributed by atoms with Gasteiger partial charge in [-0.1, -0.05) is 30.3 Å². The Labute approximate surface area is 197 Å². The van der Waals surface area contributed by atoms with Gasteiger partial charge in [-0.3, -0.25) is 14.2 Å². The molecule has 2 N–H and O–H groups in total. The van der Waals surface area contributed by atoms with Crippen molar-refractivity contribution in [2.45, 2.75) is 19.6 Å². The summed E-state index contributed by atoms with van der Waals surface area (Å²) in [4.78, 5) is 26.2. The molecule has 0 saturated carbocycles. The Morgan fingerprint density at radius 2 is 1.56 bits per heavy atom. The molecule has 174 valence electrons. The highest BCUT2D eigenvalue weighted by molar-refractivity contribution is 5.84. The molecule has 0 saturated heterocycles. The molecular formula is C27H27N3O4. The summed E-state index contributed by atoms with van der Waals surface area (Å²) in [6.45, 7) is 0.601. The Balaban J connectivity index is 1.58. The fourth-order valence-electron chi connectivity index (χ4n) is 3.72. The van der Waals surface area contributed by atoms with Gasteiger partial charge in [0.15, 0.2) is 0 Å². The average Bonchev–Trinajstić information content (AvgIpc) is 2.88. The van der Waals surface area contributed by atoms with Gasteiger partial charge < -0.3 is 20.1 Å². The lowest BCUT2D eigenvalue weighted by Crippen LogP contribution is -2.33. The number of nitrogens with one attached hydrogen (secondary N) is 2. The third-order valence-electron chi connectivity index (χ3n) is 5.59. The standard InChI is InChI=1S/C27H27N3O4/c1-33-23-11-8-19(9-12-23)16-29-26(31)18-30-25-15-24(34-2)13-10-20(25)14-21(27(30)32)17-28-22-6-4-3-5-7-22/h3-15,28H,16-18H2,1-2H3,(H,29,31). The topological polar surface area (TPSA) is 81.6 Å². The van der Waals surface area contributed by atoms with E-state index >= 15 is 0 Å². The number of pyridine rings is 1. The third-order valence-corrected chi connectivity index (χ3v) is 5.59. The normalized spacial score (nSPS) is 10.6. The van der Waals surface area contributed by atoms with Crippen molar-refractivity contribution in [1.29, 1.82) is 0 Å². The zero-order valence-corrected chi connectivity index (χ0v) is 19.2. The highest BCUT2D eigenvalue weighted by Crippen LogP contribution is 2.21. The third kappa shape index (κ3) is 5.38. The van der Waals surface area contributed by atoms with Crippen molar-refractivity contribution in [3.05, 3.63) is 100 Å². The summed E-state index contributed by atoms with van der Waals surface area (Å²) >= 11 is 0. The van der Waals surface area contributed by atoms with Crippen LogP contribution >= 0.6 is 0 Å². The van der Waals surface area contributed by atoms with Crippen LogP contribution in [0.25, 0.3) is 10.9 Å². The summed E-state index contributed by atoms with van der Waals surface area (Å²) in [7, 11) is 3.18. The van der Waals surface area contributed by atoms with E-state index in [2.05, 4.69) is 10.6 Å². The van der Waals surface area contributed by atoms with Crippen LogP contribution in [0.2, 0.25) is 0 Å². The van der Waals surface area contributed by atoms with Gasteiger partial charge in [-0.2, -0.15) is 0 Å². The molecule has 0 bridgehead atoms. The first kappa shape index (κ1) is 22.9. The van der Waals surface area contributed by atoms with Crippen LogP contribution in [0.4, 0.5) is 5.69 Å². The van der Waals surface area contributed by atoms with Crippen LogP contribution in [-0.2, 0) is 24.4 Å². The van der Waals surface area contributed by atoms with Crippen LogP contribution in [-0.4, -0.2) is 24.7 Å². The first-order valence-corrected chi connectivity index (χ1v) is 11.0. The van der Waals surface area contributed by atoms with Gasteiger partial charge in [-0.25, -0.2) is 0 Å². The van der Waals surface area contributed by atoms with Crippen LogP contribution in [0.15, 0.2) is 83.7 Å². The molecule has 0 atom stereocenters. The Bertz CT molecular complexity index is 1330. The van der Waals surface area contributed by atoms with E-state index in [0.29, 0.717) is 29.9 Å². The predicted octanol–water partition coefficient (Wildman–Crippen LogP) is 3.95. The lowest BCUT2D eigenvalue weighted by molar-refractivity contribution is -0.121. The smallest absolute Gasteiger partial charge is 0.256 e. The number of methoxy groups -OCH3 is 2. The summed E-state index contributed by atoms with van der Waals surface area (Å²) in [5.74, 6) is 1.12. The van der Waals surface area contributed by atoms with Gasteiger partial charge in [0.2, 0.25) is 5.91 Å². The van der Waals surface area contributed by atoms with E-state index < -0.39 is 0 Å². The largest absolute Gasteiger partial charge is 0.497 e. The SMILES string of the molecule is COc1ccc(CNC(=O)Cn2c(=O)c(CNc3ccccc3)cc3ccc(OC)cc32)cc1. The van der Waals surface area contributed by atoms with Crippen LogP contribution in [0.5, 0.6) is 11.5 Å². The van der Waals surface area contributed by atoms with Crippen molar-refractivity contribution in [2.24, 2.45) is 0 Å². The number of ether oxygens (including phenoxy) is 2. The van der Waals surface area contributed by atoms with E-state index in [1.165, 1.54) is 4.57 Å². The van der Waals surface area contributed by atoms with Crippen LogP contribution in [0.1, 0.15) is 11.1 Å². The Morgan fingerprint density at radius 1 is 0.853 bits per heavy atom. The quantitative estimate of drug-likeness (QED) is 0.398. The zero-order valence-electron chi connectivity index (χ0n) is 19.2. The molecule has 4 aromatic rings. The lowest BCUT2D eigenvalue weighted by atomic mass is 10.1. The molecule has 0 aliphatic heterocycles. The number of hydrogen-bond donors (Lipinski definition) is 2. The van der Waals surface area contributed by atoms with E-state index in [1.54, 1.807) is 20.3 Å². The summed E-state index contributed by atoms with van der Waals surface area (Å²) in [6, 6.07) is 24.5. The fourth-order valence-corrected chi connectivity index (χ4v) is 3.72. The maximum Gasteiger partial charge on any atom is 0.256 e. The van der Waals surface area contributed by atoms with E-state index in [9.17, 15) is 9.59 Å². The Hall–Kier alpha value is -4.26. The molecule has 3 aromatic carbocycles. The molecule has 1 amide bonds. The van der Waals surface area contributed by atoms with Gasteiger partial charge in [0.25, 0.3) is 5.56 Å². The number of hydrogen-bond acceptors (Lipinski definition) is 5. The second kappa shape index (κ2) is 10.6. The van der Waals surface area contributed by atoms with Crippen LogP contribution in [0, 0.1) is 0 Å². The van der Waals surface area contributed by atoms with Crippen LogP contribution in [0.3, 0.4) is 0 Å². The van der Waals surface area contributed by atoms with E-state index in [4.69, 9.17) is 9.47 Å². The number of anilines is 1. The molecule has 1 heterocycles. The highest BCUT2D eigenvalue weighted by atomic mass is 16.5. The van der Waals surface area contributed by atoms with E-state index in [-0.39, 0.29) is 18.0 Å². The van der Waals surface area contributed by atoms with E-state index in [0.717, 1.165) is 22.4 Å². The number of aromatic nitrogens is 1. The summed E-state index contributed by atoms with van der Waals surface area (Å²) in [6.07, 6.45) is 0. The fraction of sp³-hybridized carbons (Fsp3) is 0.185. The van der Waals surface area contributed by atoms with Gasteiger partial charge >= 0.3 is 0 Å². The summed E-state index contributed by atoms with van der Waals surface area (Å²) < 4.78 is 12.0. The maximum atomic E-state index is 13.4. The number of rotatable bonds is 9. The molecular weight excluding hydrogens is 430 g/mol. The van der Waals surface area contributed by atoms with Crippen LogP contribution < -0.4 is 25.7 Å². The molecule has 4 rings (SSSR count). The number of carbonyl (C=O) groups is 1. The molecule has 0 unspecified atom stereocenters. The minimum Gasteiger partial charge on any atom is -0.497 e. The average molecular weight is 458 g/mol. The van der Waals surface area contributed by atoms with Gasteiger partial charge in [0.1, 0.15) is 18.0 Å². The van der Waals surface area contributed by atoms with Crippen molar-refractivity contribution in [3.63, 3.8) is 0 Å². The van der Waals surface area contributed by atoms with Gasteiger partial charge in [-0.15, -0.1) is 0 Å². The Morgan fingerprint density at radius 3 is 2.26 bits per heavy atom. The minimum atomic E-state index is -0.254. The molecule has 1 aromatic heterocycles. The molecule has 0 aliphatic carbocycles. The molecule has 7 nitrogen and oxygen atoms in total. The molecule has 7 heteroatoms. The first-order valence-electron chi connectivity index (χ1n) is 11.0. The number of fused-ring (bicyclic) bond motifs is 1. The Kier molecular flexibility index (Phi) is 7.13. The summed E-state index contributed by atoms with van der Waals surface area (Å²) in [5.41, 5.74) is 2.86. The van der Waals surface area contributed by atoms with Gasteiger partial charge in [0, 0.05) is 30.4 Å². The van der Waals surface area contributed by atoms with Crippen molar-refractivity contribution in [3.8, 4) is 11.5 Å². The number of para-hydroxylation sites is 1. The first-order chi connectivity index (χ1) is 16.6. The molecule has 0 spiro atoms. The minimum absolute atomic E-state index is 0.0994. The number of nitrogens with zero attached hydrogens (tertiary/aromatic N) is 1. The molecule has 34 heavy (non-hydrogen) atoms. The van der Waals surface area contributed by atoms with Gasteiger partial charge in [0.05, 0.1) is 19.7 Å².